The molecule has 1 atom stereocenters. The third-order valence-electron chi connectivity index (χ3n) is 3.33. The van der Waals surface area contributed by atoms with Gasteiger partial charge in [0.05, 0.1) is 28.9 Å². The number of H-pyrrole nitrogens is 1. The molecule has 0 unspecified atom stereocenters. The normalized spacial score (nSPS) is 12.4. The Morgan fingerprint density at radius 2 is 1.82 bits per heavy atom. The molecule has 7 heteroatoms. The molecule has 2 aromatic heterocycles. The Bertz CT molecular complexity index is 799. The lowest BCUT2D eigenvalue weighted by Gasteiger charge is -2.19. The number of halogens is 2. The molecule has 3 rings (SSSR count). The van der Waals surface area contributed by atoms with Gasteiger partial charge in [-0.1, -0.05) is 23.2 Å². The summed E-state index contributed by atoms with van der Waals surface area (Å²) in [5.74, 6) is 1.19. The fourth-order valence-corrected chi connectivity index (χ4v) is 2.93. The third kappa shape index (κ3) is 2.69. The van der Waals surface area contributed by atoms with E-state index in [0.29, 0.717) is 27.1 Å². The Morgan fingerprint density at radius 3 is 2.50 bits per heavy atom. The van der Waals surface area contributed by atoms with E-state index in [1.165, 1.54) is 0 Å². The first-order valence-electron chi connectivity index (χ1n) is 6.57. The van der Waals surface area contributed by atoms with Gasteiger partial charge in [0.15, 0.2) is 11.5 Å². The average Bonchev–Trinajstić information content (AvgIpc) is 2.93. The molecule has 0 aliphatic rings. The molecule has 0 bridgehead atoms. The number of fused-ring (bicyclic) bond motifs is 1. The van der Waals surface area contributed by atoms with Crippen molar-refractivity contribution in [1.82, 2.24) is 15.2 Å². The first-order chi connectivity index (χ1) is 10.6. The topological polar surface area (TPSA) is 60.0 Å². The summed E-state index contributed by atoms with van der Waals surface area (Å²) in [6.45, 7) is 1.87. The molecule has 0 spiro atoms. The first kappa shape index (κ1) is 14.9. The van der Waals surface area contributed by atoms with E-state index in [4.69, 9.17) is 32.7 Å². The minimum absolute atomic E-state index is 0.360. The van der Waals surface area contributed by atoms with Crippen LogP contribution in [0.5, 0.6) is 11.5 Å². The zero-order valence-electron chi connectivity index (χ0n) is 11.9. The molecule has 22 heavy (non-hydrogen) atoms. The van der Waals surface area contributed by atoms with Crippen LogP contribution in [0.3, 0.4) is 0 Å². The van der Waals surface area contributed by atoms with Gasteiger partial charge in [-0.15, -0.1) is 0 Å². The molecule has 1 aromatic carbocycles. The summed E-state index contributed by atoms with van der Waals surface area (Å²) in [7, 11) is 1.58. The lowest BCUT2D eigenvalue weighted by molar-refractivity contribution is 0.216. The highest BCUT2D eigenvalue weighted by molar-refractivity contribution is 6.35. The van der Waals surface area contributed by atoms with E-state index in [1.807, 2.05) is 19.1 Å². The van der Waals surface area contributed by atoms with Crippen LogP contribution in [0.4, 0.5) is 0 Å². The number of rotatable bonds is 4. The largest absolute Gasteiger partial charge is 0.493 e. The third-order valence-corrected chi connectivity index (χ3v) is 3.93. The number of benzene rings is 1. The molecule has 2 heterocycles. The Labute approximate surface area is 137 Å². The molecule has 0 aliphatic carbocycles. The highest BCUT2D eigenvalue weighted by Gasteiger charge is 2.18. The van der Waals surface area contributed by atoms with E-state index in [2.05, 4.69) is 15.2 Å². The minimum atomic E-state index is -0.360. The van der Waals surface area contributed by atoms with Crippen molar-refractivity contribution in [2.75, 3.05) is 7.11 Å². The van der Waals surface area contributed by atoms with Crippen LogP contribution in [0, 0.1) is 0 Å². The Hall–Kier alpha value is -1.98. The summed E-state index contributed by atoms with van der Waals surface area (Å²) in [4.78, 5) is 3.95. The molecule has 1 N–H and O–H groups in total. The van der Waals surface area contributed by atoms with Gasteiger partial charge in [-0.3, -0.25) is 10.1 Å². The SMILES string of the molecule is COc1cc2[nH]ncc2cc1O[C@H](C)c1c(Cl)cncc1Cl. The van der Waals surface area contributed by atoms with Crippen molar-refractivity contribution < 1.29 is 9.47 Å². The van der Waals surface area contributed by atoms with Gasteiger partial charge >= 0.3 is 0 Å². The molecule has 5 nitrogen and oxygen atoms in total. The van der Waals surface area contributed by atoms with Crippen LogP contribution in [0.15, 0.2) is 30.7 Å². The molecule has 0 saturated heterocycles. The monoisotopic (exact) mass is 337 g/mol. The maximum atomic E-state index is 6.17. The summed E-state index contributed by atoms with van der Waals surface area (Å²) in [6.07, 6.45) is 4.44. The molecule has 114 valence electrons. The van der Waals surface area contributed by atoms with Gasteiger partial charge in [0.25, 0.3) is 0 Å². The van der Waals surface area contributed by atoms with E-state index in [9.17, 15) is 0 Å². The predicted molar refractivity (Wildman–Crippen MR) is 85.9 cm³/mol. The predicted octanol–water partition coefficient (Wildman–Crippen LogP) is 4.41. The second-order valence-corrected chi connectivity index (χ2v) is 5.55. The molecule has 0 saturated carbocycles. The van der Waals surface area contributed by atoms with Crippen molar-refractivity contribution in [2.45, 2.75) is 13.0 Å². The maximum Gasteiger partial charge on any atom is 0.162 e. The van der Waals surface area contributed by atoms with Crippen LogP contribution < -0.4 is 9.47 Å². The summed E-state index contributed by atoms with van der Waals surface area (Å²) in [6, 6.07) is 3.69. The van der Waals surface area contributed by atoms with Gasteiger partial charge in [-0.05, 0) is 13.0 Å². The number of nitrogens with one attached hydrogen (secondary N) is 1. The maximum absolute atomic E-state index is 6.17. The lowest BCUT2D eigenvalue weighted by atomic mass is 10.1. The molecule has 0 amide bonds. The van der Waals surface area contributed by atoms with Gasteiger partial charge in [0.1, 0.15) is 6.10 Å². The van der Waals surface area contributed by atoms with Crippen molar-refractivity contribution in [2.24, 2.45) is 0 Å². The standard InChI is InChI=1S/C15H13Cl2N3O2/c1-8(15-10(16)6-18-7-11(15)17)22-14-3-9-5-19-20-12(9)4-13(14)21-2/h3-8H,1-2H3,(H,19,20)/t8-/m1/s1. The minimum Gasteiger partial charge on any atom is -0.493 e. The average molecular weight is 338 g/mol. The fourth-order valence-electron chi connectivity index (χ4n) is 2.26. The lowest BCUT2D eigenvalue weighted by Crippen LogP contribution is -2.06. The number of hydrogen-bond donors (Lipinski definition) is 1. The van der Waals surface area contributed by atoms with E-state index in [0.717, 1.165) is 10.9 Å². The number of aromatic amines is 1. The Balaban J connectivity index is 1.98. The number of ether oxygens (including phenoxy) is 2. The van der Waals surface area contributed by atoms with Crippen molar-refractivity contribution in [3.8, 4) is 11.5 Å². The van der Waals surface area contributed by atoms with Crippen LogP contribution in [0.1, 0.15) is 18.6 Å². The van der Waals surface area contributed by atoms with Gasteiger partial charge < -0.3 is 9.47 Å². The van der Waals surface area contributed by atoms with Crippen LogP contribution in [-0.2, 0) is 0 Å². The zero-order valence-corrected chi connectivity index (χ0v) is 13.4. The highest BCUT2D eigenvalue weighted by atomic mass is 35.5. The van der Waals surface area contributed by atoms with Crippen LogP contribution in [0.2, 0.25) is 10.0 Å². The first-order valence-corrected chi connectivity index (χ1v) is 7.32. The molecular formula is C15H13Cl2N3O2. The molecular weight excluding hydrogens is 325 g/mol. The molecule has 0 aliphatic heterocycles. The van der Waals surface area contributed by atoms with Gasteiger partial charge in [0, 0.05) is 29.4 Å². The van der Waals surface area contributed by atoms with Gasteiger partial charge in [0.2, 0.25) is 0 Å². The Morgan fingerprint density at radius 1 is 1.09 bits per heavy atom. The molecule has 3 aromatic rings. The molecule has 0 fully saturated rings. The van der Waals surface area contributed by atoms with E-state index < -0.39 is 0 Å². The number of aromatic nitrogens is 3. The summed E-state index contributed by atoms with van der Waals surface area (Å²) < 4.78 is 11.4. The number of nitrogens with zero attached hydrogens (tertiary/aromatic N) is 2. The van der Waals surface area contributed by atoms with E-state index >= 15 is 0 Å². The van der Waals surface area contributed by atoms with E-state index in [-0.39, 0.29) is 6.10 Å². The molecule has 0 radical (unpaired) electrons. The van der Waals surface area contributed by atoms with Crippen LogP contribution in [-0.4, -0.2) is 22.3 Å². The Kier molecular flexibility index (Phi) is 4.09. The van der Waals surface area contributed by atoms with Crippen molar-refractivity contribution in [3.05, 3.63) is 46.3 Å². The smallest absolute Gasteiger partial charge is 0.162 e. The van der Waals surface area contributed by atoms with Crippen LogP contribution in [0.25, 0.3) is 10.9 Å². The highest BCUT2D eigenvalue weighted by Crippen LogP contribution is 2.37. The number of methoxy groups -OCH3 is 1. The number of pyridine rings is 1. The zero-order chi connectivity index (χ0) is 15.7. The summed E-state index contributed by atoms with van der Waals surface area (Å²) >= 11 is 12.3. The van der Waals surface area contributed by atoms with E-state index in [1.54, 1.807) is 25.7 Å². The van der Waals surface area contributed by atoms with Crippen molar-refractivity contribution in [1.29, 1.82) is 0 Å². The second-order valence-electron chi connectivity index (χ2n) is 4.74. The van der Waals surface area contributed by atoms with Gasteiger partial charge in [-0.25, -0.2) is 0 Å². The summed E-state index contributed by atoms with van der Waals surface area (Å²) in [5.41, 5.74) is 1.56. The number of hydrogen-bond acceptors (Lipinski definition) is 4. The van der Waals surface area contributed by atoms with Crippen molar-refractivity contribution in [3.63, 3.8) is 0 Å². The fraction of sp³-hybridized carbons (Fsp3) is 0.200. The van der Waals surface area contributed by atoms with Crippen molar-refractivity contribution >= 4 is 34.1 Å². The quantitative estimate of drug-likeness (QED) is 0.765. The van der Waals surface area contributed by atoms with Crippen LogP contribution >= 0.6 is 23.2 Å². The van der Waals surface area contributed by atoms with Gasteiger partial charge in [-0.2, -0.15) is 5.10 Å². The second kappa shape index (κ2) is 6.02. The summed E-state index contributed by atoms with van der Waals surface area (Å²) in [5, 5.41) is 8.73.